The summed E-state index contributed by atoms with van der Waals surface area (Å²) < 4.78 is 39.6. The smallest absolute Gasteiger partial charge is 0.313 e. The molecule has 1 saturated heterocycles. The molecular weight excluding hydrogens is 245 g/mol. The van der Waals surface area contributed by atoms with Gasteiger partial charge in [0.1, 0.15) is 0 Å². The lowest BCUT2D eigenvalue weighted by atomic mass is 10.0. The van der Waals surface area contributed by atoms with E-state index in [-0.39, 0.29) is 6.61 Å². The third-order valence-corrected chi connectivity index (χ3v) is 3.57. The molecule has 1 heterocycles. The number of hydrogen-bond acceptors (Lipinski definition) is 3. The van der Waals surface area contributed by atoms with E-state index in [2.05, 4.69) is 15.0 Å². The fourth-order valence-electron chi connectivity index (χ4n) is 2.50. The van der Waals surface area contributed by atoms with E-state index in [9.17, 15) is 13.2 Å². The number of nitrogens with zero attached hydrogens (tertiary/aromatic N) is 1. The van der Waals surface area contributed by atoms with Crippen LogP contribution in [-0.4, -0.2) is 49.6 Å². The average Bonchev–Trinajstić information content (AvgIpc) is 3.11. The number of nitrogens with one attached hydrogen (secondary N) is 1. The molecule has 2 aliphatic rings. The molecule has 1 saturated carbocycles. The molecule has 0 aromatic heterocycles. The van der Waals surface area contributed by atoms with Crippen molar-refractivity contribution >= 4 is 0 Å². The quantitative estimate of drug-likeness (QED) is 0.797. The highest BCUT2D eigenvalue weighted by atomic mass is 19.4. The van der Waals surface area contributed by atoms with Gasteiger partial charge in [0.2, 0.25) is 0 Å². The molecule has 2 fully saturated rings. The highest BCUT2D eigenvalue weighted by Crippen LogP contribution is 2.27. The summed E-state index contributed by atoms with van der Waals surface area (Å²) >= 11 is 0. The van der Waals surface area contributed by atoms with Gasteiger partial charge in [0.25, 0.3) is 0 Å². The zero-order valence-corrected chi connectivity index (χ0v) is 10.5. The Hall–Kier alpha value is -0.330. The number of halogens is 3. The minimum absolute atomic E-state index is 0.257. The maximum atomic E-state index is 11.9. The Morgan fingerprint density at radius 2 is 1.94 bits per heavy atom. The molecule has 2 rings (SSSR count). The number of alkyl halides is 3. The molecule has 0 aromatic rings. The van der Waals surface area contributed by atoms with Gasteiger partial charge in [-0.05, 0) is 32.2 Å². The van der Waals surface area contributed by atoms with Crippen LogP contribution in [0.5, 0.6) is 0 Å². The van der Waals surface area contributed by atoms with Gasteiger partial charge in [0.05, 0.1) is 6.61 Å². The molecule has 18 heavy (non-hydrogen) atoms. The molecule has 0 bridgehead atoms. The predicted molar refractivity (Wildman–Crippen MR) is 62.2 cm³/mol. The van der Waals surface area contributed by atoms with Crippen LogP contribution in [0.15, 0.2) is 0 Å². The van der Waals surface area contributed by atoms with Gasteiger partial charge in [-0.3, -0.25) is 9.64 Å². The second-order valence-electron chi connectivity index (χ2n) is 5.17. The fraction of sp³-hybridized carbons (Fsp3) is 1.00. The normalized spacial score (nSPS) is 25.7. The van der Waals surface area contributed by atoms with Crippen molar-refractivity contribution in [1.82, 2.24) is 10.2 Å². The van der Waals surface area contributed by atoms with Gasteiger partial charge in [0, 0.05) is 25.2 Å². The molecule has 1 N–H and O–H groups in total. The summed E-state index contributed by atoms with van der Waals surface area (Å²) in [6.45, 7) is 2.00. The molecule has 1 aliphatic heterocycles. The van der Waals surface area contributed by atoms with Gasteiger partial charge >= 0.3 is 6.36 Å². The molecule has 0 amide bonds. The Bertz CT molecular complexity index is 250. The summed E-state index contributed by atoms with van der Waals surface area (Å²) in [6.07, 6.45) is 1.27. The van der Waals surface area contributed by atoms with Crippen molar-refractivity contribution in [2.24, 2.45) is 0 Å². The summed E-state index contributed by atoms with van der Waals surface area (Å²) in [4.78, 5) is 2.15. The van der Waals surface area contributed by atoms with E-state index < -0.39 is 6.36 Å². The summed E-state index contributed by atoms with van der Waals surface area (Å²) in [7, 11) is 0. The van der Waals surface area contributed by atoms with Gasteiger partial charge in [-0.25, -0.2) is 0 Å². The second kappa shape index (κ2) is 6.21. The fourth-order valence-corrected chi connectivity index (χ4v) is 2.50. The van der Waals surface area contributed by atoms with Crippen molar-refractivity contribution in [2.75, 3.05) is 26.2 Å². The van der Waals surface area contributed by atoms with Crippen LogP contribution in [0.25, 0.3) is 0 Å². The van der Waals surface area contributed by atoms with Crippen molar-refractivity contribution in [3.8, 4) is 0 Å². The first-order valence-electron chi connectivity index (χ1n) is 6.73. The Morgan fingerprint density at radius 1 is 1.17 bits per heavy atom. The molecular formula is C12H21F3N2O. The lowest BCUT2D eigenvalue weighted by Gasteiger charge is -2.30. The first-order chi connectivity index (χ1) is 8.54. The topological polar surface area (TPSA) is 24.5 Å². The Balaban J connectivity index is 1.70. The van der Waals surface area contributed by atoms with E-state index in [4.69, 9.17) is 0 Å². The van der Waals surface area contributed by atoms with Gasteiger partial charge in [-0.2, -0.15) is 0 Å². The first kappa shape index (κ1) is 14.1. The van der Waals surface area contributed by atoms with Crippen molar-refractivity contribution in [2.45, 2.75) is 50.6 Å². The average molecular weight is 266 g/mol. The monoisotopic (exact) mass is 266 g/mol. The summed E-state index contributed by atoms with van der Waals surface area (Å²) in [5.74, 6) is 0. The van der Waals surface area contributed by atoms with Gasteiger partial charge in [-0.15, -0.1) is 13.2 Å². The van der Waals surface area contributed by atoms with Crippen LogP contribution in [-0.2, 0) is 4.74 Å². The third-order valence-electron chi connectivity index (χ3n) is 3.57. The third kappa shape index (κ3) is 5.12. The number of rotatable bonds is 6. The number of piperidine rings is 1. The highest BCUT2D eigenvalue weighted by molar-refractivity contribution is 4.87. The molecule has 1 unspecified atom stereocenters. The van der Waals surface area contributed by atoms with E-state index in [1.165, 1.54) is 12.8 Å². The number of hydrogen-bond donors (Lipinski definition) is 1. The largest absolute Gasteiger partial charge is 0.522 e. The molecule has 1 atom stereocenters. The van der Waals surface area contributed by atoms with Gasteiger partial charge in [0.15, 0.2) is 0 Å². The van der Waals surface area contributed by atoms with Crippen LogP contribution < -0.4 is 5.32 Å². The Morgan fingerprint density at radius 3 is 2.50 bits per heavy atom. The molecule has 6 heteroatoms. The second-order valence-corrected chi connectivity index (χ2v) is 5.17. The Kier molecular flexibility index (Phi) is 4.86. The van der Waals surface area contributed by atoms with Crippen LogP contribution >= 0.6 is 0 Å². The van der Waals surface area contributed by atoms with E-state index >= 15 is 0 Å². The minimum Gasteiger partial charge on any atom is -0.313 e. The maximum Gasteiger partial charge on any atom is 0.522 e. The van der Waals surface area contributed by atoms with E-state index in [1.54, 1.807) is 0 Å². The van der Waals surface area contributed by atoms with E-state index in [1.807, 2.05) is 0 Å². The van der Waals surface area contributed by atoms with Crippen LogP contribution in [0, 0.1) is 0 Å². The van der Waals surface area contributed by atoms with Crippen molar-refractivity contribution in [1.29, 1.82) is 0 Å². The van der Waals surface area contributed by atoms with Crippen LogP contribution in [0.2, 0.25) is 0 Å². The molecule has 3 nitrogen and oxygen atoms in total. The summed E-state index contributed by atoms with van der Waals surface area (Å²) in [5.41, 5.74) is 0. The lowest BCUT2D eigenvalue weighted by molar-refractivity contribution is -0.325. The molecule has 0 aromatic carbocycles. The number of ether oxygens (including phenoxy) is 1. The first-order valence-corrected chi connectivity index (χ1v) is 6.73. The van der Waals surface area contributed by atoms with Crippen LogP contribution in [0.4, 0.5) is 13.2 Å². The summed E-state index contributed by atoms with van der Waals surface area (Å²) in [5, 5.41) is 3.43. The maximum absolute atomic E-state index is 11.9. The van der Waals surface area contributed by atoms with Crippen molar-refractivity contribution in [3.05, 3.63) is 0 Å². The molecule has 1 aliphatic carbocycles. The molecule has 0 spiro atoms. The minimum atomic E-state index is -4.50. The van der Waals surface area contributed by atoms with Crippen molar-refractivity contribution < 1.29 is 17.9 Å². The zero-order chi connectivity index (χ0) is 13.0. The van der Waals surface area contributed by atoms with Gasteiger partial charge < -0.3 is 5.32 Å². The highest BCUT2D eigenvalue weighted by Gasteiger charge is 2.33. The zero-order valence-electron chi connectivity index (χ0n) is 10.5. The van der Waals surface area contributed by atoms with Crippen molar-refractivity contribution in [3.63, 3.8) is 0 Å². The predicted octanol–water partition coefficient (Wildman–Crippen LogP) is 2.13. The van der Waals surface area contributed by atoms with E-state index in [0.29, 0.717) is 18.6 Å². The van der Waals surface area contributed by atoms with Gasteiger partial charge in [-0.1, -0.05) is 6.42 Å². The van der Waals surface area contributed by atoms with E-state index in [0.717, 1.165) is 32.4 Å². The molecule has 106 valence electrons. The Labute approximate surface area is 106 Å². The lowest BCUT2D eigenvalue weighted by Crippen LogP contribution is -2.45. The molecule has 0 radical (unpaired) electrons. The standard InChI is InChI=1S/C12H21F3N2O/c13-12(14,15)18-8-7-17(11-4-5-11)9-10-3-1-2-6-16-10/h10-11,16H,1-9H2. The summed E-state index contributed by atoms with van der Waals surface area (Å²) in [6, 6.07) is 0.913. The van der Waals surface area contributed by atoms with Crippen LogP contribution in [0.3, 0.4) is 0 Å². The van der Waals surface area contributed by atoms with Crippen LogP contribution in [0.1, 0.15) is 32.1 Å². The SMILES string of the molecule is FC(F)(F)OCCN(CC1CCCCN1)C1CC1.